The number of aliphatic hydroxyl groups excluding tert-OH is 1. The minimum atomic E-state index is 0.119. The molecule has 0 aliphatic carbocycles. The third-order valence-corrected chi connectivity index (χ3v) is 2.01. The van der Waals surface area contributed by atoms with Crippen LogP contribution in [0.15, 0.2) is 30.3 Å². The topological polar surface area (TPSA) is 38.7 Å². The SMILES string of the molecule is OCCC#CCCOCOCc1ccccc1. The highest BCUT2D eigenvalue weighted by Crippen LogP contribution is 2.00. The van der Waals surface area contributed by atoms with Crippen molar-refractivity contribution in [3.63, 3.8) is 0 Å². The highest BCUT2D eigenvalue weighted by Gasteiger charge is 1.91. The van der Waals surface area contributed by atoms with Crippen molar-refractivity contribution in [2.45, 2.75) is 19.4 Å². The largest absolute Gasteiger partial charge is 0.395 e. The summed E-state index contributed by atoms with van der Waals surface area (Å²) in [6.07, 6.45) is 1.21. The molecule has 0 radical (unpaired) electrons. The van der Waals surface area contributed by atoms with Gasteiger partial charge in [-0.3, -0.25) is 0 Å². The number of hydrogen-bond acceptors (Lipinski definition) is 3. The molecule has 0 heterocycles. The second-order valence-electron chi connectivity index (χ2n) is 3.44. The van der Waals surface area contributed by atoms with Gasteiger partial charge in [0.25, 0.3) is 0 Å². The van der Waals surface area contributed by atoms with Crippen molar-refractivity contribution < 1.29 is 14.6 Å². The van der Waals surface area contributed by atoms with Gasteiger partial charge in [0, 0.05) is 12.8 Å². The smallest absolute Gasteiger partial charge is 0.147 e. The second kappa shape index (κ2) is 9.86. The van der Waals surface area contributed by atoms with Crippen LogP contribution in [0.5, 0.6) is 0 Å². The Morgan fingerprint density at radius 1 is 1.00 bits per heavy atom. The first-order chi connectivity index (χ1) is 8.43. The van der Waals surface area contributed by atoms with Crippen molar-refractivity contribution in [1.29, 1.82) is 0 Å². The summed E-state index contributed by atoms with van der Waals surface area (Å²) in [4.78, 5) is 0. The lowest BCUT2D eigenvalue weighted by molar-refractivity contribution is -0.0596. The Hall–Kier alpha value is -1.34. The average molecular weight is 234 g/mol. The first-order valence-electron chi connectivity index (χ1n) is 5.69. The second-order valence-corrected chi connectivity index (χ2v) is 3.44. The van der Waals surface area contributed by atoms with Gasteiger partial charge in [0.1, 0.15) is 6.79 Å². The third-order valence-electron chi connectivity index (χ3n) is 2.01. The van der Waals surface area contributed by atoms with Crippen LogP contribution in [-0.2, 0) is 16.1 Å². The van der Waals surface area contributed by atoms with Crippen LogP contribution in [0.4, 0.5) is 0 Å². The molecule has 1 rings (SSSR count). The monoisotopic (exact) mass is 234 g/mol. The molecule has 0 atom stereocenters. The zero-order chi connectivity index (χ0) is 12.2. The Kier molecular flexibility index (Phi) is 7.96. The highest BCUT2D eigenvalue weighted by atomic mass is 16.7. The predicted molar refractivity (Wildman–Crippen MR) is 66.1 cm³/mol. The fourth-order valence-electron chi connectivity index (χ4n) is 1.21. The van der Waals surface area contributed by atoms with Crippen molar-refractivity contribution in [2.75, 3.05) is 20.0 Å². The van der Waals surface area contributed by atoms with Crippen LogP contribution in [0.1, 0.15) is 18.4 Å². The van der Waals surface area contributed by atoms with E-state index in [0.29, 0.717) is 26.1 Å². The van der Waals surface area contributed by atoms with E-state index in [1.807, 2.05) is 30.3 Å². The summed E-state index contributed by atoms with van der Waals surface area (Å²) in [5, 5.41) is 8.49. The van der Waals surface area contributed by atoms with Crippen LogP contribution in [0.25, 0.3) is 0 Å². The molecule has 0 aliphatic rings. The van der Waals surface area contributed by atoms with Gasteiger partial charge < -0.3 is 14.6 Å². The lowest BCUT2D eigenvalue weighted by atomic mass is 10.2. The zero-order valence-corrected chi connectivity index (χ0v) is 9.89. The minimum absolute atomic E-state index is 0.119. The van der Waals surface area contributed by atoms with Gasteiger partial charge in [0.15, 0.2) is 0 Å². The van der Waals surface area contributed by atoms with Crippen LogP contribution >= 0.6 is 0 Å². The Labute approximate surface area is 102 Å². The van der Waals surface area contributed by atoms with Crippen molar-refractivity contribution in [2.24, 2.45) is 0 Å². The average Bonchev–Trinajstić information content (AvgIpc) is 2.38. The molecule has 0 unspecified atom stereocenters. The molecule has 0 aliphatic heterocycles. The number of hydrogen-bond donors (Lipinski definition) is 1. The molecule has 3 nitrogen and oxygen atoms in total. The maximum atomic E-state index is 8.49. The normalized spacial score (nSPS) is 9.71. The molecule has 1 aromatic carbocycles. The Morgan fingerprint density at radius 2 is 1.76 bits per heavy atom. The fourth-order valence-corrected chi connectivity index (χ4v) is 1.21. The van der Waals surface area contributed by atoms with Crippen molar-refractivity contribution in [3.05, 3.63) is 35.9 Å². The van der Waals surface area contributed by atoms with Gasteiger partial charge in [-0.15, -0.1) is 11.8 Å². The first-order valence-corrected chi connectivity index (χ1v) is 5.69. The number of benzene rings is 1. The maximum absolute atomic E-state index is 8.49. The molecule has 1 N–H and O–H groups in total. The molecule has 1 aromatic rings. The summed E-state index contributed by atoms with van der Waals surface area (Å²) < 4.78 is 10.6. The van der Waals surface area contributed by atoms with E-state index < -0.39 is 0 Å². The van der Waals surface area contributed by atoms with Gasteiger partial charge in [-0.05, 0) is 5.56 Å². The maximum Gasteiger partial charge on any atom is 0.147 e. The van der Waals surface area contributed by atoms with E-state index in [1.54, 1.807) is 0 Å². The number of aliphatic hydroxyl groups is 1. The molecular formula is C14H18O3. The van der Waals surface area contributed by atoms with E-state index in [0.717, 1.165) is 5.56 Å². The number of ether oxygens (including phenoxy) is 2. The van der Waals surface area contributed by atoms with Gasteiger partial charge in [0.05, 0.1) is 19.8 Å². The zero-order valence-electron chi connectivity index (χ0n) is 9.89. The summed E-state index contributed by atoms with van der Waals surface area (Å²) in [6, 6.07) is 9.97. The van der Waals surface area contributed by atoms with Crippen molar-refractivity contribution in [1.82, 2.24) is 0 Å². The Balaban J connectivity index is 1.94. The molecule has 0 saturated carbocycles. The summed E-state index contributed by atoms with van der Waals surface area (Å²) in [7, 11) is 0. The summed E-state index contributed by atoms with van der Waals surface area (Å²) >= 11 is 0. The van der Waals surface area contributed by atoms with E-state index in [9.17, 15) is 0 Å². The minimum Gasteiger partial charge on any atom is -0.395 e. The molecule has 0 spiro atoms. The molecule has 92 valence electrons. The highest BCUT2D eigenvalue weighted by molar-refractivity contribution is 5.13. The molecule has 0 fully saturated rings. The summed E-state index contributed by atoms with van der Waals surface area (Å²) in [6.45, 7) is 1.54. The van der Waals surface area contributed by atoms with Crippen LogP contribution < -0.4 is 0 Å². The van der Waals surface area contributed by atoms with Gasteiger partial charge in [-0.1, -0.05) is 30.3 Å². The molecular weight excluding hydrogens is 216 g/mol. The molecule has 0 amide bonds. The van der Waals surface area contributed by atoms with Gasteiger partial charge in [-0.2, -0.15) is 0 Å². The van der Waals surface area contributed by atoms with E-state index in [4.69, 9.17) is 14.6 Å². The first kappa shape index (κ1) is 13.7. The van der Waals surface area contributed by atoms with Crippen molar-refractivity contribution in [3.8, 4) is 11.8 Å². The quantitative estimate of drug-likeness (QED) is 0.445. The number of rotatable bonds is 7. The van der Waals surface area contributed by atoms with E-state index in [-0.39, 0.29) is 13.4 Å². The van der Waals surface area contributed by atoms with Crippen LogP contribution in [0.2, 0.25) is 0 Å². The predicted octanol–water partition coefficient (Wildman–Crippen LogP) is 1.95. The Morgan fingerprint density at radius 3 is 2.53 bits per heavy atom. The summed E-state index contributed by atoms with van der Waals surface area (Å²) in [5.41, 5.74) is 1.14. The molecule has 17 heavy (non-hydrogen) atoms. The molecule has 0 aromatic heterocycles. The van der Waals surface area contributed by atoms with Gasteiger partial charge in [0.2, 0.25) is 0 Å². The van der Waals surface area contributed by atoms with Crippen LogP contribution in [-0.4, -0.2) is 25.1 Å². The van der Waals surface area contributed by atoms with E-state index in [1.165, 1.54) is 0 Å². The van der Waals surface area contributed by atoms with E-state index >= 15 is 0 Å². The third kappa shape index (κ3) is 7.53. The van der Waals surface area contributed by atoms with Crippen LogP contribution in [0.3, 0.4) is 0 Å². The standard InChI is InChI=1S/C14H18O3/c15-10-6-1-2-7-11-16-13-17-12-14-8-4-3-5-9-14/h3-5,8-9,15H,6-7,10-13H2. The Bertz CT molecular complexity index is 337. The fraction of sp³-hybridized carbons (Fsp3) is 0.429. The molecule has 0 saturated heterocycles. The van der Waals surface area contributed by atoms with E-state index in [2.05, 4.69) is 11.8 Å². The van der Waals surface area contributed by atoms with Gasteiger partial charge >= 0.3 is 0 Å². The van der Waals surface area contributed by atoms with Crippen molar-refractivity contribution >= 4 is 0 Å². The molecule has 3 heteroatoms. The lowest BCUT2D eigenvalue weighted by Crippen LogP contribution is -2.01. The summed E-state index contributed by atoms with van der Waals surface area (Å²) in [5.74, 6) is 5.74. The van der Waals surface area contributed by atoms with Gasteiger partial charge in [-0.25, -0.2) is 0 Å². The molecule has 0 bridgehead atoms. The lowest BCUT2D eigenvalue weighted by Gasteiger charge is -2.04. The van der Waals surface area contributed by atoms with Crippen LogP contribution in [0, 0.1) is 11.8 Å².